The Morgan fingerprint density at radius 2 is 1.93 bits per heavy atom. The summed E-state index contributed by atoms with van der Waals surface area (Å²) in [6, 6.07) is -0.666. The molecule has 0 aliphatic carbocycles. The summed E-state index contributed by atoms with van der Waals surface area (Å²) in [5.74, 6) is -0.338. The molecule has 0 spiro atoms. The third-order valence-electron chi connectivity index (χ3n) is 2.05. The van der Waals surface area contributed by atoms with Gasteiger partial charge in [0.25, 0.3) is 0 Å². The Kier molecular flexibility index (Phi) is 2.82. The number of nitrogens with two attached hydrogens (primary N) is 1. The summed E-state index contributed by atoms with van der Waals surface area (Å²) in [5, 5.41) is 0.125. The Morgan fingerprint density at radius 1 is 1.43 bits per heavy atom. The van der Waals surface area contributed by atoms with E-state index in [0.717, 1.165) is 0 Å². The molecule has 1 unspecified atom stereocenters. The van der Waals surface area contributed by atoms with Gasteiger partial charge in [0, 0.05) is 14.1 Å². The van der Waals surface area contributed by atoms with Crippen molar-refractivity contribution in [1.82, 2.24) is 9.13 Å². The number of aromatic nitrogens is 2. The second-order valence-corrected chi connectivity index (χ2v) is 3.55. The molecule has 0 aromatic carbocycles. The minimum absolute atomic E-state index is 0.125. The van der Waals surface area contributed by atoms with E-state index in [0.29, 0.717) is 0 Å². The number of Topliss-reactive ketones (excluding diaryl/α,β-unsaturated/α-hetero) is 1. The molecular weight excluding hydrogens is 206 g/mol. The fraction of sp³-hybridized carbons (Fsp3) is 0.500. The predicted molar refractivity (Wildman–Crippen MR) is 53.6 cm³/mol. The van der Waals surface area contributed by atoms with Crippen LogP contribution < -0.4 is 11.4 Å². The van der Waals surface area contributed by atoms with Crippen LogP contribution in [-0.4, -0.2) is 21.0 Å². The Morgan fingerprint density at radius 3 is 2.21 bits per heavy atom. The molecule has 78 valence electrons. The van der Waals surface area contributed by atoms with E-state index in [-0.39, 0.29) is 22.3 Å². The molecular formula is C8H12ClN3O2. The van der Waals surface area contributed by atoms with Crippen LogP contribution in [0.15, 0.2) is 4.79 Å². The molecule has 2 N–H and O–H groups in total. The third kappa shape index (κ3) is 1.49. The molecule has 1 aromatic rings. The van der Waals surface area contributed by atoms with Gasteiger partial charge in [-0.25, -0.2) is 4.79 Å². The van der Waals surface area contributed by atoms with Gasteiger partial charge in [-0.1, -0.05) is 11.6 Å². The molecule has 6 heteroatoms. The molecule has 0 saturated carbocycles. The first-order valence-corrected chi connectivity index (χ1v) is 4.46. The van der Waals surface area contributed by atoms with Crippen LogP contribution in [0.5, 0.6) is 0 Å². The van der Waals surface area contributed by atoms with E-state index in [1.165, 1.54) is 23.2 Å². The van der Waals surface area contributed by atoms with Crippen LogP contribution in [-0.2, 0) is 14.1 Å². The summed E-state index contributed by atoms with van der Waals surface area (Å²) in [7, 11) is 2.99. The van der Waals surface area contributed by atoms with Crippen molar-refractivity contribution in [2.24, 2.45) is 19.8 Å². The highest BCUT2D eigenvalue weighted by atomic mass is 35.5. The molecule has 0 bridgehead atoms. The van der Waals surface area contributed by atoms with Crippen LogP contribution in [0.2, 0.25) is 5.15 Å². The lowest BCUT2D eigenvalue weighted by atomic mass is 10.2. The first-order valence-electron chi connectivity index (χ1n) is 4.09. The van der Waals surface area contributed by atoms with Crippen molar-refractivity contribution >= 4 is 17.4 Å². The van der Waals surface area contributed by atoms with Crippen LogP contribution in [0.25, 0.3) is 0 Å². The van der Waals surface area contributed by atoms with E-state index in [4.69, 9.17) is 17.3 Å². The fourth-order valence-electron chi connectivity index (χ4n) is 1.18. The highest BCUT2D eigenvalue weighted by Crippen LogP contribution is 2.14. The Labute approximate surface area is 86.1 Å². The molecule has 1 atom stereocenters. The van der Waals surface area contributed by atoms with Crippen molar-refractivity contribution < 1.29 is 4.79 Å². The van der Waals surface area contributed by atoms with Crippen LogP contribution in [0.3, 0.4) is 0 Å². The maximum Gasteiger partial charge on any atom is 0.329 e. The lowest BCUT2D eigenvalue weighted by Crippen LogP contribution is -2.30. The van der Waals surface area contributed by atoms with Crippen molar-refractivity contribution in [3.8, 4) is 0 Å². The van der Waals surface area contributed by atoms with Crippen molar-refractivity contribution in [1.29, 1.82) is 0 Å². The smallest absolute Gasteiger partial charge is 0.321 e. The molecule has 1 rings (SSSR count). The summed E-state index contributed by atoms with van der Waals surface area (Å²) < 4.78 is 2.41. The number of nitrogens with zero attached hydrogens (tertiary/aromatic N) is 2. The van der Waals surface area contributed by atoms with E-state index in [1.807, 2.05) is 0 Å². The zero-order valence-electron chi connectivity index (χ0n) is 8.24. The fourth-order valence-corrected chi connectivity index (χ4v) is 1.48. The Bertz CT molecular complexity index is 431. The lowest BCUT2D eigenvalue weighted by molar-refractivity contribution is 0.0960. The average Bonchev–Trinajstić information content (AvgIpc) is 2.30. The number of hydrogen-bond donors (Lipinski definition) is 1. The lowest BCUT2D eigenvalue weighted by Gasteiger charge is -2.04. The molecule has 0 fully saturated rings. The average molecular weight is 218 g/mol. The summed E-state index contributed by atoms with van der Waals surface area (Å²) in [4.78, 5) is 23.0. The zero-order valence-corrected chi connectivity index (χ0v) is 9.00. The number of hydrogen-bond acceptors (Lipinski definition) is 3. The molecule has 14 heavy (non-hydrogen) atoms. The molecule has 0 amide bonds. The maximum atomic E-state index is 11.6. The van der Waals surface area contributed by atoms with Gasteiger partial charge in [0.15, 0.2) is 5.78 Å². The number of rotatable bonds is 2. The summed E-state index contributed by atoms with van der Waals surface area (Å²) in [6.45, 7) is 1.55. The SMILES string of the molecule is CC(N)C(=O)c1c(Cl)n(C)c(=O)n1C. The van der Waals surface area contributed by atoms with Crippen LogP contribution in [0, 0.1) is 0 Å². The number of ketones is 1. The van der Waals surface area contributed by atoms with Crippen molar-refractivity contribution in [3.63, 3.8) is 0 Å². The van der Waals surface area contributed by atoms with Gasteiger partial charge >= 0.3 is 5.69 Å². The van der Waals surface area contributed by atoms with Gasteiger partial charge in [-0.3, -0.25) is 13.9 Å². The van der Waals surface area contributed by atoms with Crippen LogP contribution in [0.4, 0.5) is 0 Å². The van der Waals surface area contributed by atoms with Gasteiger partial charge in [-0.05, 0) is 6.92 Å². The number of carbonyl (C=O) groups is 1. The first-order chi connectivity index (χ1) is 6.37. The molecule has 0 saturated heterocycles. The van der Waals surface area contributed by atoms with E-state index < -0.39 is 6.04 Å². The Hall–Kier alpha value is -1.07. The summed E-state index contributed by atoms with van der Waals surface area (Å²) >= 11 is 5.82. The van der Waals surface area contributed by atoms with E-state index in [9.17, 15) is 9.59 Å². The largest absolute Gasteiger partial charge is 0.329 e. The first kappa shape index (κ1) is 11.0. The molecule has 0 aliphatic rings. The van der Waals surface area contributed by atoms with Crippen LogP contribution >= 0.6 is 11.6 Å². The Balaban J connectivity index is 3.43. The zero-order chi connectivity index (χ0) is 11.0. The van der Waals surface area contributed by atoms with Gasteiger partial charge in [-0.2, -0.15) is 0 Å². The molecule has 1 heterocycles. The predicted octanol–water partition coefficient (Wildman–Crippen LogP) is -0.0929. The summed E-state index contributed by atoms with van der Waals surface area (Å²) in [6.07, 6.45) is 0. The normalized spacial score (nSPS) is 12.9. The molecule has 0 radical (unpaired) electrons. The standard InChI is InChI=1S/C8H12ClN3O2/c1-4(10)6(13)5-7(9)12(3)8(14)11(5)2/h4H,10H2,1-3H3. The summed E-state index contributed by atoms with van der Waals surface area (Å²) in [5.41, 5.74) is 5.26. The number of halogens is 1. The maximum absolute atomic E-state index is 11.6. The molecule has 0 aliphatic heterocycles. The quantitative estimate of drug-likeness (QED) is 0.704. The monoisotopic (exact) mass is 217 g/mol. The van der Waals surface area contributed by atoms with Crippen LogP contribution in [0.1, 0.15) is 17.4 Å². The van der Waals surface area contributed by atoms with E-state index >= 15 is 0 Å². The second-order valence-electron chi connectivity index (χ2n) is 3.19. The number of carbonyl (C=O) groups excluding carboxylic acids is 1. The van der Waals surface area contributed by atoms with E-state index in [1.54, 1.807) is 6.92 Å². The van der Waals surface area contributed by atoms with Crippen molar-refractivity contribution in [2.45, 2.75) is 13.0 Å². The van der Waals surface area contributed by atoms with Gasteiger partial charge in [0.2, 0.25) is 0 Å². The van der Waals surface area contributed by atoms with Gasteiger partial charge in [-0.15, -0.1) is 0 Å². The van der Waals surface area contributed by atoms with E-state index in [2.05, 4.69) is 0 Å². The second kappa shape index (κ2) is 3.59. The number of imidazole rings is 1. The molecule has 1 aromatic heterocycles. The minimum atomic E-state index is -0.666. The highest BCUT2D eigenvalue weighted by molar-refractivity contribution is 6.33. The minimum Gasteiger partial charge on any atom is -0.321 e. The van der Waals surface area contributed by atoms with Crippen molar-refractivity contribution in [3.05, 3.63) is 21.3 Å². The third-order valence-corrected chi connectivity index (χ3v) is 2.48. The highest BCUT2D eigenvalue weighted by Gasteiger charge is 2.22. The van der Waals surface area contributed by atoms with Gasteiger partial charge < -0.3 is 5.73 Å². The van der Waals surface area contributed by atoms with Gasteiger partial charge in [0.05, 0.1) is 6.04 Å². The van der Waals surface area contributed by atoms with Crippen molar-refractivity contribution in [2.75, 3.05) is 0 Å². The van der Waals surface area contributed by atoms with Gasteiger partial charge in [0.1, 0.15) is 10.8 Å². The molecule has 5 nitrogen and oxygen atoms in total. The topological polar surface area (TPSA) is 70.0 Å².